The van der Waals surface area contributed by atoms with Gasteiger partial charge < -0.3 is 9.88 Å². The fraction of sp³-hybridized carbons (Fsp3) is 0.250. The van der Waals surface area contributed by atoms with Crippen molar-refractivity contribution in [1.29, 1.82) is 0 Å². The van der Waals surface area contributed by atoms with Crippen LogP contribution in [-0.4, -0.2) is 18.2 Å². The molecular weight excluding hydrogens is 220 g/mol. The molecule has 0 saturated carbocycles. The van der Waals surface area contributed by atoms with Crippen molar-refractivity contribution in [2.45, 2.75) is 13.0 Å². The van der Waals surface area contributed by atoms with E-state index in [-0.39, 0.29) is 0 Å². The molecule has 3 rings (SSSR count). The lowest BCUT2D eigenvalue weighted by Crippen LogP contribution is -2.10. The van der Waals surface area contributed by atoms with Gasteiger partial charge in [0.2, 0.25) is 0 Å². The SMILES string of the molecule is CNCCCn1c2ccccc2c2ccccc21. The summed E-state index contributed by atoms with van der Waals surface area (Å²) in [5, 5.41) is 5.93. The molecule has 1 aromatic heterocycles. The number of hydrogen-bond acceptors (Lipinski definition) is 1. The molecule has 92 valence electrons. The topological polar surface area (TPSA) is 17.0 Å². The number of aryl methyl sites for hydroxylation is 1. The fourth-order valence-electron chi connectivity index (χ4n) is 2.66. The monoisotopic (exact) mass is 238 g/mol. The van der Waals surface area contributed by atoms with Crippen LogP contribution in [0.4, 0.5) is 0 Å². The van der Waals surface area contributed by atoms with E-state index in [1.54, 1.807) is 0 Å². The third-order valence-electron chi connectivity index (χ3n) is 3.49. The molecule has 0 spiro atoms. The van der Waals surface area contributed by atoms with Gasteiger partial charge in [0.25, 0.3) is 0 Å². The van der Waals surface area contributed by atoms with Gasteiger partial charge in [0.05, 0.1) is 0 Å². The Morgan fingerprint density at radius 1 is 0.889 bits per heavy atom. The molecule has 0 unspecified atom stereocenters. The Morgan fingerprint density at radius 3 is 2.00 bits per heavy atom. The van der Waals surface area contributed by atoms with Crippen LogP contribution in [0.3, 0.4) is 0 Å². The van der Waals surface area contributed by atoms with Crippen molar-refractivity contribution in [3.8, 4) is 0 Å². The van der Waals surface area contributed by atoms with Gasteiger partial charge in [-0.15, -0.1) is 0 Å². The Kier molecular flexibility index (Phi) is 3.03. The maximum atomic E-state index is 3.21. The third-order valence-corrected chi connectivity index (χ3v) is 3.49. The second-order valence-corrected chi connectivity index (χ2v) is 4.64. The van der Waals surface area contributed by atoms with Crippen molar-refractivity contribution in [3.05, 3.63) is 48.5 Å². The average molecular weight is 238 g/mol. The molecule has 1 heterocycles. The Balaban J connectivity index is 2.18. The van der Waals surface area contributed by atoms with Crippen LogP contribution in [0.5, 0.6) is 0 Å². The molecule has 2 heteroatoms. The average Bonchev–Trinajstić information content (AvgIpc) is 2.74. The summed E-state index contributed by atoms with van der Waals surface area (Å²) in [7, 11) is 2.01. The van der Waals surface area contributed by atoms with Crippen molar-refractivity contribution < 1.29 is 0 Å². The number of fused-ring (bicyclic) bond motifs is 3. The summed E-state index contributed by atoms with van der Waals surface area (Å²) in [6.07, 6.45) is 1.15. The van der Waals surface area contributed by atoms with Gasteiger partial charge in [-0.3, -0.25) is 0 Å². The quantitative estimate of drug-likeness (QED) is 0.689. The molecule has 0 aliphatic heterocycles. The summed E-state index contributed by atoms with van der Waals surface area (Å²) in [5.41, 5.74) is 2.68. The van der Waals surface area contributed by atoms with Crippen LogP contribution in [0.15, 0.2) is 48.5 Å². The van der Waals surface area contributed by atoms with E-state index in [0.29, 0.717) is 0 Å². The molecule has 3 aromatic rings. The zero-order valence-corrected chi connectivity index (χ0v) is 10.7. The van der Waals surface area contributed by atoms with E-state index in [0.717, 1.165) is 19.5 Å². The normalized spacial score (nSPS) is 11.4. The van der Waals surface area contributed by atoms with Gasteiger partial charge in [-0.1, -0.05) is 36.4 Å². The lowest BCUT2D eigenvalue weighted by molar-refractivity contribution is 0.638. The van der Waals surface area contributed by atoms with E-state index in [9.17, 15) is 0 Å². The lowest BCUT2D eigenvalue weighted by Gasteiger charge is -2.06. The van der Waals surface area contributed by atoms with E-state index in [4.69, 9.17) is 0 Å². The highest BCUT2D eigenvalue weighted by molar-refractivity contribution is 6.07. The highest BCUT2D eigenvalue weighted by Crippen LogP contribution is 2.28. The maximum Gasteiger partial charge on any atom is 0.0491 e. The highest BCUT2D eigenvalue weighted by Gasteiger charge is 2.08. The van der Waals surface area contributed by atoms with Gasteiger partial charge in [-0.2, -0.15) is 0 Å². The van der Waals surface area contributed by atoms with Gasteiger partial charge in [-0.25, -0.2) is 0 Å². The first-order valence-corrected chi connectivity index (χ1v) is 6.52. The van der Waals surface area contributed by atoms with Gasteiger partial charge in [0.1, 0.15) is 0 Å². The minimum absolute atomic E-state index is 1.06. The van der Waals surface area contributed by atoms with Gasteiger partial charge in [0, 0.05) is 28.4 Å². The third kappa shape index (κ3) is 1.79. The maximum absolute atomic E-state index is 3.21. The van der Waals surface area contributed by atoms with Crippen LogP contribution in [0, 0.1) is 0 Å². The molecule has 0 aliphatic rings. The molecule has 1 N–H and O–H groups in total. The van der Waals surface area contributed by atoms with Crippen molar-refractivity contribution in [2.75, 3.05) is 13.6 Å². The number of para-hydroxylation sites is 2. The zero-order chi connectivity index (χ0) is 12.4. The lowest BCUT2D eigenvalue weighted by atomic mass is 10.2. The van der Waals surface area contributed by atoms with Crippen molar-refractivity contribution >= 4 is 21.8 Å². The first-order chi connectivity index (χ1) is 8.92. The Labute approximate surface area is 107 Å². The second kappa shape index (κ2) is 4.83. The minimum atomic E-state index is 1.06. The molecule has 0 fully saturated rings. The number of hydrogen-bond donors (Lipinski definition) is 1. The standard InChI is InChI=1S/C16H18N2/c1-17-11-6-12-18-15-9-4-2-7-13(15)14-8-3-5-10-16(14)18/h2-5,7-10,17H,6,11-12H2,1H3. The van der Waals surface area contributed by atoms with Crippen LogP contribution in [0.1, 0.15) is 6.42 Å². The van der Waals surface area contributed by atoms with E-state index in [2.05, 4.69) is 58.4 Å². The van der Waals surface area contributed by atoms with E-state index in [1.807, 2.05) is 7.05 Å². The van der Waals surface area contributed by atoms with E-state index >= 15 is 0 Å². The smallest absolute Gasteiger partial charge is 0.0491 e. The summed E-state index contributed by atoms with van der Waals surface area (Å²) >= 11 is 0. The molecular formula is C16H18N2. The summed E-state index contributed by atoms with van der Waals surface area (Å²) in [6, 6.07) is 17.3. The first-order valence-electron chi connectivity index (χ1n) is 6.52. The molecule has 0 aliphatic carbocycles. The van der Waals surface area contributed by atoms with Crippen molar-refractivity contribution in [1.82, 2.24) is 9.88 Å². The van der Waals surface area contributed by atoms with Crippen LogP contribution in [0.25, 0.3) is 21.8 Å². The van der Waals surface area contributed by atoms with Gasteiger partial charge >= 0.3 is 0 Å². The zero-order valence-electron chi connectivity index (χ0n) is 10.7. The number of aromatic nitrogens is 1. The van der Waals surface area contributed by atoms with Crippen molar-refractivity contribution in [3.63, 3.8) is 0 Å². The predicted octanol–water partition coefficient (Wildman–Crippen LogP) is 3.40. The molecule has 0 radical (unpaired) electrons. The van der Waals surface area contributed by atoms with Gasteiger partial charge in [-0.05, 0) is 32.1 Å². The summed E-state index contributed by atoms with van der Waals surface area (Å²) in [6.45, 7) is 2.12. The van der Waals surface area contributed by atoms with Crippen molar-refractivity contribution in [2.24, 2.45) is 0 Å². The summed E-state index contributed by atoms with van der Waals surface area (Å²) in [5.74, 6) is 0. The van der Waals surface area contributed by atoms with Crippen LogP contribution in [0.2, 0.25) is 0 Å². The predicted molar refractivity (Wildman–Crippen MR) is 78.0 cm³/mol. The second-order valence-electron chi connectivity index (χ2n) is 4.64. The van der Waals surface area contributed by atoms with Crippen LogP contribution < -0.4 is 5.32 Å². The first kappa shape index (κ1) is 11.3. The van der Waals surface area contributed by atoms with E-state index in [1.165, 1.54) is 21.8 Å². The summed E-state index contributed by atoms with van der Waals surface area (Å²) in [4.78, 5) is 0. The van der Waals surface area contributed by atoms with Crippen LogP contribution in [-0.2, 0) is 6.54 Å². The highest BCUT2D eigenvalue weighted by atomic mass is 15.0. The molecule has 2 nitrogen and oxygen atoms in total. The van der Waals surface area contributed by atoms with E-state index < -0.39 is 0 Å². The minimum Gasteiger partial charge on any atom is -0.340 e. The Bertz CT molecular complexity index is 614. The largest absolute Gasteiger partial charge is 0.340 e. The number of rotatable bonds is 4. The molecule has 0 atom stereocenters. The number of nitrogens with one attached hydrogen (secondary N) is 1. The Hall–Kier alpha value is -1.80. The van der Waals surface area contributed by atoms with Crippen LogP contribution >= 0.6 is 0 Å². The van der Waals surface area contributed by atoms with Gasteiger partial charge in [0.15, 0.2) is 0 Å². The molecule has 2 aromatic carbocycles. The molecule has 0 amide bonds. The Morgan fingerprint density at radius 2 is 1.44 bits per heavy atom. The molecule has 0 saturated heterocycles. The number of benzene rings is 2. The molecule has 18 heavy (non-hydrogen) atoms. The number of nitrogens with zero attached hydrogens (tertiary/aromatic N) is 1. The fourth-order valence-corrected chi connectivity index (χ4v) is 2.66. The summed E-state index contributed by atoms with van der Waals surface area (Å²) < 4.78 is 2.43. The molecule has 0 bridgehead atoms.